The average Bonchev–Trinajstić information content (AvgIpc) is 3.16. The summed E-state index contributed by atoms with van der Waals surface area (Å²) in [5.74, 6) is 3.06. The van der Waals surface area contributed by atoms with E-state index in [1.54, 1.807) is 10.9 Å². The predicted octanol–water partition coefficient (Wildman–Crippen LogP) is 0.0447. The summed E-state index contributed by atoms with van der Waals surface area (Å²) in [6, 6.07) is 0.450. The van der Waals surface area contributed by atoms with Crippen LogP contribution in [-0.2, 0) is 4.74 Å². The van der Waals surface area contributed by atoms with E-state index >= 15 is 0 Å². The molecule has 23 heavy (non-hydrogen) atoms. The SMILES string of the molecule is C#C[C@]1(CO)O[C@H](n2cnc3c(NC4CC4)ncnc32)C[C@@H]1O. The molecule has 0 bridgehead atoms. The molecule has 3 atom stereocenters. The van der Waals surface area contributed by atoms with Crippen LogP contribution >= 0.6 is 0 Å². The van der Waals surface area contributed by atoms with Crippen molar-refractivity contribution in [2.45, 2.75) is 43.2 Å². The Morgan fingerprint density at radius 3 is 2.91 bits per heavy atom. The fourth-order valence-electron chi connectivity index (χ4n) is 2.83. The van der Waals surface area contributed by atoms with Gasteiger partial charge in [0.05, 0.1) is 12.9 Å². The van der Waals surface area contributed by atoms with Crippen LogP contribution in [0.15, 0.2) is 12.7 Å². The van der Waals surface area contributed by atoms with Crippen LogP contribution < -0.4 is 5.32 Å². The van der Waals surface area contributed by atoms with Crippen LogP contribution in [0.1, 0.15) is 25.5 Å². The third-order valence-electron chi connectivity index (χ3n) is 4.38. The quantitative estimate of drug-likeness (QED) is 0.684. The molecule has 0 spiro atoms. The van der Waals surface area contributed by atoms with Gasteiger partial charge in [0, 0.05) is 12.5 Å². The monoisotopic (exact) mass is 315 g/mol. The number of aromatic nitrogens is 4. The number of nitrogens with zero attached hydrogens (tertiary/aromatic N) is 4. The molecular weight excluding hydrogens is 298 g/mol. The summed E-state index contributed by atoms with van der Waals surface area (Å²) in [6.07, 6.45) is 9.52. The molecule has 0 unspecified atom stereocenters. The van der Waals surface area contributed by atoms with Gasteiger partial charge in [-0.3, -0.25) is 4.57 Å². The molecule has 8 heteroatoms. The molecule has 1 saturated carbocycles. The highest BCUT2D eigenvalue weighted by atomic mass is 16.6. The highest BCUT2D eigenvalue weighted by Crippen LogP contribution is 2.38. The second-order valence-electron chi connectivity index (χ2n) is 5.98. The van der Waals surface area contributed by atoms with E-state index in [0.717, 1.165) is 12.8 Å². The maximum atomic E-state index is 10.2. The smallest absolute Gasteiger partial charge is 0.179 e. The molecule has 0 amide bonds. The number of rotatable bonds is 4. The first-order valence-corrected chi connectivity index (χ1v) is 7.55. The standard InChI is InChI=1S/C15H17N5O3/c1-2-15(6-21)10(22)5-11(23-15)20-8-18-12-13(19-9-3-4-9)16-7-17-14(12)20/h1,7-11,21-22H,3-6H2,(H,16,17,19)/t10-,11-,15+/m0/s1. The van der Waals surface area contributed by atoms with Crippen molar-refractivity contribution in [3.63, 3.8) is 0 Å². The van der Waals surface area contributed by atoms with Crippen molar-refractivity contribution in [2.24, 2.45) is 0 Å². The van der Waals surface area contributed by atoms with Crippen molar-refractivity contribution in [1.29, 1.82) is 0 Å². The van der Waals surface area contributed by atoms with Crippen molar-refractivity contribution in [2.75, 3.05) is 11.9 Å². The number of fused-ring (bicyclic) bond motifs is 1. The number of ether oxygens (including phenoxy) is 1. The zero-order valence-corrected chi connectivity index (χ0v) is 12.4. The highest BCUT2D eigenvalue weighted by molar-refractivity contribution is 5.83. The number of imidazole rings is 1. The molecule has 2 fully saturated rings. The maximum absolute atomic E-state index is 10.2. The highest BCUT2D eigenvalue weighted by Gasteiger charge is 2.47. The number of hydrogen-bond donors (Lipinski definition) is 3. The van der Waals surface area contributed by atoms with E-state index in [-0.39, 0.29) is 6.42 Å². The van der Waals surface area contributed by atoms with Gasteiger partial charge < -0.3 is 20.3 Å². The van der Waals surface area contributed by atoms with Crippen LogP contribution in [0, 0.1) is 12.3 Å². The van der Waals surface area contributed by atoms with Gasteiger partial charge in [0.2, 0.25) is 0 Å². The molecule has 8 nitrogen and oxygen atoms in total. The normalized spacial score (nSPS) is 30.5. The molecule has 0 aromatic carbocycles. The van der Waals surface area contributed by atoms with Crippen LogP contribution in [0.25, 0.3) is 11.2 Å². The zero-order chi connectivity index (χ0) is 16.0. The van der Waals surface area contributed by atoms with Gasteiger partial charge in [0.1, 0.15) is 18.7 Å². The van der Waals surface area contributed by atoms with Crippen molar-refractivity contribution in [1.82, 2.24) is 19.5 Å². The second-order valence-corrected chi connectivity index (χ2v) is 5.98. The van der Waals surface area contributed by atoms with Gasteiger partial charge in [0.25, 0.3) is 0 Å². The van der Waals surface area contributed by atoms with E-state index in [4.69, 9.17) is 11.2 Å². The van der Waals surface area contributed by atoms with Crippen molar-refractivity contribution in [3.05, 3.63) is 12.7 Å². The van der Waals surface area contributed by atoms with Crippen molar-refractivity contribution in [3.8, 4) is 12.3 Å². The van der Waals surface area contributed by atoms with Crippen molar-refractivity contribution >= 4 is 17.0 Å². The molecule has 0 radical (unpaired) electrons. The second kappa shape index (κ2) is 5.16. The van der Waals surface area contributed by atoms with Gasteiger partial charge in [-0.05, 0) is 12.8 Å². The van der Waals surface area contributed by atoms with Crippen LogP contribution in [0.3, 0.4) is 0 Å². The molecule has 1 saturated heterocycles. The summed E-state index contributed by atoms with van der Waals surface area (Å²) in [5, 5.41) is 23.0. The first-order chi connectivity index (χ1) is 11.2. The van der Waals surface area contributed by atoms with E-state index in [2.05, 4.69) is 26.2 Å². The molecule has 1 aliphatic carbocycles. The Bertz CT molecular complexity index is 781. The summed E-state index contributed by atoms with van der Waals surface area (Å²) in [4.78, 5) is 12.9. The van der Waals surface area contributed by atoms with Crippen LogP contribution in [0.5, 0.6) is 0 Å². The predicted molar refractivity (Wildman–Crippen MR) is 81.4 cm³/mol. The van der Waals surface area contributed by atoms with E-state index in [1.807, 2.05) is 0 Å². The van der Waals surface area contributed by atoms with E-state index in [1.165, 1.54) is 6.33 Å². The lowest BCUT2D eigenvalue weighted by Crippen LogP contribution is -2.41. The van der Waals surface area contributed by atoms with Gasteiger partial charge in [-0.25, -0.2) is 15.0 Å². The third kappa shape index (κ3) is 2.25. The molecule has 3 heterocycles. The summed E-state index contributed by atoms with van der Waals surface area (Å²) < 4.78 is 7.47. The Morgan fingerprint density at radius 1 is 1.43 bits per heavy atom. The molecule has 2 aliphatic rings. The van der Waals surface area contributed by atoms with Crippen molar-refractivity contribution < 1.29 is 14.9 Å². The Morgan fingerprint density at radius 2 is 2.26 bits per heavy atom. The lowest BCUT2D eigenvalue weighted by atomic mass is 9.99. The number of aliphatic hydroxyl groups excluding tert-OH is 2. The summed E-state index contributed by atoms with van der Waals surface area (Å²) in [5.41, 5.74) is -0.130. The van der Waals surface area contributed by atoms with Crippen LogP contribution in [-0.4, -0.2) is 54.1 Å². The Labute approximate surface area is 132 Å². The van der Waals surface area contributed by atoms with Gasteiger partial charge in [0.15, 0.2) is 22.6 Å². The van der Waals surface area contributed by atoms with Gasteiger partial charge in [-0.2, -0.15) is 0 Å². The lowest BCUT2D eigenvalue weighted by molar-refractivity contribution is -0.0891. The Kier molecular flexibility index (Phi) is 3.23. The summed E-state index contributed by atoms with van der Waals surface area (Å²) in [7, 11) is 0. The fourth-order valence-corrected chi connectivity index (χ4v) is 2.83. The van der Waals surface area contributed by atoms with Gasteiger partial charge >= 0.3 is 0 Å². The zero-order valence-electron chi connectivity index (χ0n) is 12.4. The topological polar surface area (TPSA) is 105 Å². The molecular formula is C15H17N5O3. The van der Waals surface area contributed by atoms with E-state index < -0.39 is 24.5 Å². The summed E-state index contributed by atoms with van der Waals surface area (Å²) >= 11 is 0. The third-order valence-corrected chi connectivity index (χ3v) is 4.38. The minimum absolute atomic E-state index is 0.256. The lowest BCUT2D eigenvalue weighted by Gasteiger charge is -2.23. The first kappa shape index (κ1) is 14.4. The molecule has 120 valence electrons. The molecule has 4 rings (SSSR count). The van der Waals surface area contributed by atoms with E-state index in [9.17, 15) is 10.2 Å². The number of anilines is 1. The minimum Gasteiger partial charge on any atom is -0.392 e. The Balaban J connectivity index is 1.69. The number of nitrogens with one attached hydrogen (secondary N) is 1. The first-order valence-electron chi connectivity index (χ1n) is 7.55. The minimum atomic E-state index is -1.39. The molecule has 3 N–H and O–H groups in total. The molecule has 1 aliphatic heterocycles. The van der Waals surface area contributed by atoms with E-state index in [0.29, 0.717) is 23.0 Å². The molecule has 2 aromatic heterocycles. The average molecular weight is 315 g/mol. The number of hydrogen-bond acceptors (Lipinski definition) is 7. The maximum Gasteiger partial charge on any atom is 0.179 e. The van der Waals surface area contributed by atoms with Crippen LogP contribution in [0.2, 0.25) is 0 Å². The number of terminal acetylenes is 1. The largest absolute Gasteiger partial charge is 0.392 e. The van der Waals surface area contributed by atoms with Gasteiger partial charge in [-0.15, -0.1) is 6.42 Å². The summed E-state index contributed by atoms with van der Waals surface area (Å²) in [6.45, 7) is -0.447. The molecule has 2 aromatic rings. The Hall–Kier alpha value is -2.21. The fraction of sp³-hybridized carbons (Fsp3) is 0.533. The van der Waals surface area contributed by atoms with Crippen LogP contribution in [0.4, 0.5) is 5.82 Å². The van der Waals surface area contributed by atoms with Gasteiger partial charge in [-0.1, -0.05) is 5.92 Å². The number of aliphatic hydroxyl groups is 2.